The van der Waals surface area contributed by atoms with Crippen LogP contribution in [0.3, 0.4) is 0 Å². The first-order valence-electron chi connectivity index (χ1n) is 11.3. The van der Waals surface area contributed by atoms with Crippen molar-refractivity contribution >= 4 is 51.2 Å². The number of hydrogen-bond donors (Lipinski definition) is 3. The van der Waals surface area contributed by atoms with Crippen molar-refractivity contribution in [3.8, 4) is 5.75 Å². The second-order valence-corrected chi connectivity index (χ2v) is 10.3. The lowest BCUT2D eigenvalue weighted by atomic mass is 9.99. The van der Waals surface area contributed by atoms with E-state index in [1.54, 1.807) is 6.33 Å². The Labute approximate surface area is 208 Å². The van der Waals surface area contributed by atoms with E-state index < -0.39 is 5.54 Å². The summed E-state index contributed by atoms with van der Waals surface area (Å²) in [6, 6.07) is 0.237. The van der Waals surface area contributed by atoms with Crippen LogP contribution in [0.25, 0.3) is 11.2 Å². The summed E-state index contributed by atoms with van der Waals surface area (Å²) in [6.07, 6.45) is 6.02. The summed E-state index contributed by atoms with van der Waals surface area (Å²) in [6.45, 7) is 1.62. The second-order valence-electron chi connectivity index (χ2n) is 9.24. The number of halogens is 2. The van der Waals surface area contributed by atoms with E-state index in [4.69, 9.17) is 16.2 Å². The van der Waals surface area contributed by atoms with Gasteiger partial charge in [-0.3, -0.25) is 4.79 Å². The first kappa shape index (κ1) is 21.8. The van der Waals surface area contributed by atoms with Gasteiger partial charge in [0, 0.05) is 36.7 Å². The predicted molar refractivity (Wildman–Crippen MR) is 132 cm³/mol. The number of nitrogens with one attached hydrogen (secondary N) is 1. The van der Waals surface area contributed by atoms with Crippen molar-refractivity contribution < 1.29 is 13.9 Å². The van der Waals surface area contributed by atoms with E-state index in [-0.39, 0.29) is 23.6 Å². The number of nitrogens with zero attached hydrogens (tertiary/aromatic N) is 5. The van der Waals surface area contributed by atoms with Crippen LogP contribution in [0.5, 0.6) is 5.75 Å². The molecule has 1 amide bonds. The first-order chi connectivity index (χ1) is 16.4. The maximum atomic E-state index is 15.4. The number of aromatic nitrogens is 4. The summed E-state index contributed by atoms with van der Waals surface area (Å²) < 4.78 is 23.7. The Hall–Kier alpha value is -2.74. The molecule has 178 valence electrons. The van der Waals surface area contributed by atoms with Crippen LogP contribution in [0.2, 0.25) is 0 Å². The molecule has 4 heterocycles. The Bertz CT molecular complexity index is 1330. The van der Waals surface area contributed by atoms with Gasteiger partial charge >= 0.3 is 0 Å². The smallest absolute Gasteiger partial charge is 0.242 e. The van der Waals surface area contributed by atoms with Crippen molar-refractivity contribution in [2.75, 3.05) is 30.3 Å². The number of ether oxygens (including phenoxy) is 1. The third-order valence-corrected chi connectivity index (χ3v) is 7.96. The van der Waals surface area contributed by atoms with Gasteiger partial charge in [0.05, 0.1) is 28.7 Å². The SMILES string of the molecule is Nc1ncnc2c1ncn2Cc1c(I)c(F)c2c(c1N1CC[C@](N)(C(=O)NC3CC3)C1)OCC2. The molecular formula is C22H24FIN8O2. The molecule has 0 bridgehead atoms. The van der Waals surface area contributed by atoms with Crippen molar-refractivity contribution in [2.45, 2.75) is 43.8 Å². The largest absolute Gasteiger partial charge is 0.491 e. The third-order valence-electron chi connectivity index (χ3n) is 6.84. The minimum Gasteiger partial charge on any atom is -0.491 e. The van der Waals surface area contributed by atoms with Gasteiger partial charge < -0.3 is 31.0 Å². The van der Waals surface area contributed by atoms with E-state index in [1.807, 2.05) is 4.57 Å². The van der Waals surface area contributed by atoms with Gasteiger partial charge in [0.25, 0.3) is 0 Å². The van der Waals surface area contributed by atoms with Crippen molar-refractivity contribution in [1.29, 1.82) is 0 Å². The molecule has 2 fully saturated rings. The van der Waals surface area contributed by atoms with Gasteiger partial charge in [0.1, 0.15) is 28.9 Å². The molecular weight excluding hydrogens is 554 g/mol. The number of amides is 1. The molecule has 1 saturated carbocycles. The molecule has 1 aliphatic carbocycles. The molecule has 1 atom stereocenters. The zero-order chi connectivity index (χ0) is 23.6. The highest BCUT2D eigenvalue weighted by molar-refractivity contribution is 14.1. The number of hydrogen-bond acceptors (Lipinski definition) is 8. The van der Waals surface area contributed by atoms with Crippen LogP contribution in [0.15, 0.2) is 12.7 Å². The molecule has 1 saturated heterocycles. The topological polar surface area (TPSA) is 137 Å². The number of benzene rings is 1. The van der Waals surface area contributed by atoms with Crippen molar-refractivity contribution in [2.24, 2.45) is 5.73 Å². The van der Waals surface area contributed by atoms with Crippen molar-refractivity contribution in [3.05, 3.63) is 33.2 Å². The van der Waals surface area contributed by atoms with Crippen molar-refractivity contribution in [3.63, 3.8) is 0 Å². The summed E-state index contributed by atoms with van der Waals surface area (Å²) >= 11 is 2.05. The lowest BCUT2D eigenvalue weighted by Gasteiger charge is -2.28. The number of nitrogen functional groups attached to an aromatic ring is 1. The molecule has 2 aromatic heterocycles. The van der Waals surface area contributed by atoms with Crippen LogP contribution in [0, 0.1) is 9.39 Å². The van der Waals surface area contributed by atoms with Crippen LogP contribution in [-0.4, -0.2) is 56.7 Å². The summed E-state index contributed by atoms with van der Waals surface area (Å²) in [5, 5.41) is 3.04. The second kappa shape index (κ2) is 7.90. The van der Waals surface area contributed by atoms with Gasteiger partial charge in [-0.2, -0.15) is 0 Å². The number of nitrogens with two attached hydrogens (primary N) is 2. The summed E-state index contributed by atoms with van der Waals surface area (Å²) in [4.78, 5) is 27.6. The quantitative estimate of drug-likeness (QED) is 0.386. The Morgan fingerprint density at radius 1 is 1.35 bits per heavy atom. The van der Waals surface area contributed by atoms with Crippen LogP contribution in [0.4, 0.5) is 15.9 Å². The van der Waals surface area contributed by atoms with Gasteiger partial charge in [-0.25, -0.2) is 19.3 Å². The van der Waals surface area contributed by atoms with E-state index in [2.05, 4.69) is 47.8 Å². The highest BCUT2D eigenvalue weighted by Crippen LogP contribution is 2.46. The lowest BCUT2D eigenvalue weighted by molar-refractivity contribution is -0.125. The molecule has 12 heteroatoms. The number of carbonyl (C=O) groups excluding carboxylic acids is 1. The Kier molecular flexibility index (Phi) is 5.06. The molecule has 3 aromatic rings. The van der Waals surface area contributed by atoms with Crippen LogP contribution in [0.1, 0.15) is 30.4 Å². The van der Waals surface area contributed by atoms with Gasteiger partial charge in [-0.1, -0.05) is 0 Å². The van der Waals surface area contributed by atoms with Gasteiger partial charge in [-0.05, 0) is 41.9 Å². The van der Waals surface area contributed by atoms with Crippen LogP contribution >= 0.6 is 22.6 Å². The van der Waals surface area contributed by atoms with Gasteiger partial charge in [0.15, 0.2) is 11.5 Å². The predicted octanol–water partition coefficient (Wildman–Crippen LogP) is 1.32. The number of fused-ring (bicyclic) bond motifs is 2. The Balaban J connectivity index is 1.42. The molecule has 1 aromatic carbocycles. The summed E-state index contributed by atoms with van der Waals surface area (Å²) in [5.74, 6) is 0.436. The van der Waals surface area contributed by atoms with Crippen LogP contribution in [-0.2, 0) is 17.8 Å². The zero-order valence-corrected chi connectivity index (χ0v) is 20.5. The molecule has 2 aliphatic heterocycles. The fourth-order valence-electron chi connectivity index (χ4n) is 4.81. The lowest BCUT2D eigenvalue weighted by Crippen LogP contribution is -2.56. The minimum atomic E-state index is -1.01. The fourth-order valence-corrected chi connectivity index (χ4v) is 5.56. The molecule has 0 spiro atoms. The van der Waals surface area contributed by atoms with E-state index in [0.29, 0.717) is 65.1 Å². The maximum absolute atomic E-state index is 15.4. The highest BCUT2D eigenvalue weighted by Gasteiger charge is 2.45. The fraction of sp³-hybridized carbons (Fsp3) is 0.455. The third kappa shape index (κ3) is 3.45. The first-order valence-corrected chi connectivity index (χ1v) is 12.3. The Morgan fingerprint density at radius 2 is 2.18 bits per heavy atom. The molecule has 3 aliphatic rings. The average molecular weight is 578 g/mol. The monoisotopic (exact) mass is 578 g/mol. The highest BCUT2D eigenvalue weighted by atomic mass is 127. The minimum absolute atomic E-state index is 0.124. The van der Waals surface area contributed by atoms with Gasteiger partial charge in [-0.15, -0.1) is 0 Å². The van der Waals surface area contributed by atoms with Crippen molar-refractivity contribution in [1.82, 2.24) is 24.8 Å². The normalized spacial score (nSPS) is 21.7. The van der Waals surface area contributed by atoms with E-state index in [9.17, 15) is 4.79 Å². The molecule has 0 unspecified atom stereocenters. The zero-order valence-electron chi connectivity index (χ0n) is 18.4. The Morgan fingerprint density at radius 3 is 2.97 bits per heavy atom. The number of carbonyl (C=O) groups is 1. The van der Waals surface area contributed by atoms with Gasteiger partial charge in [0.2, 0.25) is 5.91 Å². The average Bonchev–Trinajstić information content (AvgIpc) is 3.19. The molecule has 6 rings (SSSR count). The summed E-state index contributed by atoms with van der Waals surface area (Å²) in [7, 11) is 0. The van der Waals surface area contributed by atoms with E-state index in [0.717, 1.165) is 24.1 Å². The van der Waals surface area contributed by atoms with Crippen LogP contribution < -0.4 is 26.4 Å². The molecule has 5 N–H and O–H groups in total. The summed E-state index contributed by atoms with van der Waals surface area (Å²) in [5.41, 5.74) is 14.7. The standard InChI is InChI=1S/C22H24FIN8O2/c23-14-12-3-6-34-18(12)17(31-5-4-22(26,8-31)21(33)30-11-1-2-11)13(15(14)24)7-32-10-29-16-19(25)27-9-28-20(16)32/h9-11H,1-8,26H2,(H,30,33)(H2,25,27,28)/t22-/m1/s1. The maximum Gasteiger partial charge on any atom is 0.242 e. The number of anilines is 2. The number of imidazole rings is 1. The molecule has 0 radical (unpaired) electrons. The van der Waals surface area contributed by atoms with E-state index in [1.165, 1.54) is 6.33 Å². The van der Waals surface area contributed by atoms with E-state index >= 15 is 4.39 Å². The molecule has 34 heavy (non-hydrogen) atoms. The molecule has 10 nitrogen and oxygen atoms in total. The number of rotatable bonds is 5.